The van der Waals surface area contributed by atoms with E-state index in [-0.39, 0.29) is 22.1 Å². The second kappa shape index (κ2) is 9.23. The molecule has 6 nitrogen and oxygen atoms in total. The molecule has 29 heavy (non-hydrogen) atoms. The SMILES string of the molecule is O=C(N/N=C/c1cccc(OC(=O)c2ccc(Cl)cc2Cl)c1)c1ccc(O)cc1. The number of phenols is 1. The molecule has 0 spiro atoms. The number of rotatable bonds is 5. The Balaban J connectivity index is 1.64. The first-order chi connectivity index (χ1) is 13.9. The number of amides is 1. The van der Waals surface area contributed by atoms with Crippen molar-refractivity contribution >= 4 is 41.3 Å². The van der Waals surface area contributed by atoms with Crippen molar-refractivity contribution in [2.24, 2.45) is 5.10 Å². The first-order valence-corrected chi connectivity index (χ1v) is 9.08. The van der Waals surface area contributed by atoms with Gasteiger partial charge >= 0.3 is 5.97 Å². The Morgan fingerprint density at radius 3 is 2.48 bits per heavy atom. The summed E-state index contributed by atoms with van der Waals surface area (Å²) in [7, 11) is 0. The van der Waals surface area contributed by atoms with Crippen molar-refractivity contribution in [1.29, 1.82) is 0 Å². The number of hydrazone groups is 1. The number of hydrogen-bond donors (Lipinski definition) is 2. The lowest BCUT2D eigenvalue weighted by atomic mass is 10.2. The lowest BCUT2D eigenvalue weighted by Gasteiger charge is -2.07. The van der Waals surface area contributed by atoms with E-state index in [4.69, 9.17) is 27.9 Å². The summed E-state index contributed by atoms with van der Waals surface area (Å²) in [5, 5.41) is 13.7. The van der Waals surface area contributed by atoms with E-state index in [0.717, 1.165) is 0 Å². The fraction of sp³-hybridized carbons (Fsp3) is 0. The van der Waals surface area contributed by atoms with Gasteiger partial charge in [-0.25, -0.2) is 10.2 Å². The smallest absolute Gasteiger partial charge is 0.345 e. The monoisotopic (exact) mass is 428 g/mol. The molecule has 0 bridgehead atoms. The lowest BCUT2D eigenvalue weighted by Crippen LogP contribution is -2.17. The van der Waals surface area contributed by atoms with Crippen LogP contribution in [0.3, 0.4) is 0 Å². The molecule has 0 saturated heterocycles. The van der Waals surface area contributed by atoms with Gasteiger partial charge in [0.05, 0.1) is 16.8 Å². The second-order valence-electron chi connectivity index (χ2n) is 5.83. The number of hydrogen-bond acceptors (Lipinski definition) is 5. The summed E-state index contributed by atoms with van der Waals surface area (Å²) in [6.45, 7) is 0. The number of nitrogens with one attached hydrogen (secondary N) is 1. The van der Waals surface area contributed by atoms with Gasteiger partial charge in [0.15, 0.2) is 0 Å². The van der Waals surface area contributed by atoms with Crippen LogP contribution in [0.4, 0.5) is 0 Å². The van der Waals surface area contributed by atoms with Crippen molar-refractivity contribution in [3.8, 4) is 11.5 Å². The van der Waals surface area contributed by atoms with Crippen LogP contribution in [-0.2, 0) is 0 Å². The molecular weight excluding hydrogens is 415 g/mol. The fourth-order valence-electron chi connectivity index (χ4n) is 2.32. The predicted octanol–water partition coefficient (Wildman–Crippen LogP) is 4.68. The molecule has 2 N–H and O–H groups in total. The summed E-state index contributed by atoms with van der Waals surface area (Å²) in [4.78, 5) is 24.3. The van der Waals surface area contributed by atoms with Crippen LogP contribution in [0.1, 0.15) is 26.3 Å². The number of halogens is 2. The third-order valence-electron chi connectivity index (χ3n) is 3.73. The Morgan fingerprint density at radius 1 is 1.00 bits per heavy atom. The normalized spacial score (nSPS) is 10.7. The van der Waals surface area contributed by atoms with Gasteiger partial charge in [0.2, 0.25) is 0 Å². The summed E-state index contributed by atoms with van der Waals surface area (Å²) in [5.41, 5.74) is 3.52. The highest BCUT2D eigenvalue weighted by Crippen LogP contribution is 2.23. The standard InChI is InChI=1S/C21H14Cl2N2O4/c22-15-6-9-18(19(23)11-15)21(28)29-17-3-1-2-13(10-17)12-24-25-20(27)14-4-7-16(26)8-5-14/h1-12,26H,(H,25,27)/b24-12+. The number of esters is 1. The van der Waals surface area contributed by atoms with Crippen molar-refractivity contribution in [2.75, 3.05) is 0 Å². The number of phenolic OH excluding ortho intramolecular Hbond substituents is 1. The van der Waals surface area contributed by atoms with Gasteiger partial charge in [-0.1, -0.05) is 35.3 Å². The Labute approximate surface area is 176 Å². The second-order valence-corrected chi connectivity index (χ2v) is 6.68. The molecule has 3 aromatic carbocycles. The number of aromatic hydroxyl groups is 1. The average Bonchev–Trinajstić information content (AvgIpc) is 2.68. The Kier molecular flexibility index (Phi) is 6.49. The minimum absolute atomic E-state index is 0.0660. The molecule has 0 aliphatic heterocycles. The molecule has 0 atom stereocenters. The number of ether oxygens (including phenoxy) is 1. The molecule has 3 rings (SSSR count). The summed E-state index contributed by atoms with van der Waals surface area (Å²) in [5.74, 6) is -0.700. The fourth-order valence-corrected chi connectivity index (χ4v) is 2.80. The first-order valence-electron chi connectivity index (χ1n) is 8.32. The Hall–Kier alpha value is -3.35. The van der Waals surface area contributed by atoms with Crippen LogP contribution in [0.15, 0.2) is 71.8 Å². The quantitative estimate of drug-likeness (QED) is 0.267. The van der Waals surface area contributed by atoms with E-state index >= 15 is 0 Å². The van der Waals surface area contributed by atoms with E-state index in [0.29, 0.717) is 16.1 Å². The van der Waals surface area contributed by atoms with Crippen LogP contribution < -0.4 is 10.2 Å². The number of nitrogens with zero attached hydrogens (tertiary/aromatic N) is 1. The topological polar surface area (TPSA) is 88.0 Å². The molecule has 0 unspecified atom stereocenters. The highest BCUT2D eigenvalue weighted by molar-refractivity contribution is 6.36. The van der Waals surface area contributed by atoms with Gasteiger partial charge in [-0.15, -0.1) is 0 Å². The maximum absolute atomic E-state index is 12.3. The van der Waals surface area contributed by atoms with E-state index < -0.39 is 11.9 Å². The zero-order chi connectivity index (χ0) is 20.8. The van der Waals surface area contributed by atoms with Crippen molar-refractivity contribution in [3.05, 3.63) is 93.5 Å². The van der Waals surface area contributed by atoms with Gasteiger partial charge in [0.25, 0.3) is 5.91 Å². The van der Waals surface area contributed by atoms with Gasteiger partial charge < -0.3 is 9.84 Å². The molecule has 1 amide bonds. The Morgan fingerprint density at radius 2 is 1.76 bits per heavy atom. The van der Waals surface area contributed by atoms with E-state index in [2.05, 4.69) is 10.5 Å². The molecule has 146 valence electrons. The van der Waals surface area contributed by atoms with Crippen molar-refractivity contribution in [3.63, 3.8) is 0 Å². The summed E-state index contributed by atoms with van der Waals surface area (Å²) < 4.78 is 5.33. The van der Waals surface area contributed by atoms with Crippen molar-refractivity contribution in [2.45, 2.75) is 0 Å². The van der Waals surface area contributed by atoms with Gasteiger partial charge in [-0.3, -0.25) is 4.79 Å². The van der Waals surface area contributed by atoms with Crippen LogP contribution in [0.2, 0.25) is 10.0 Å². The minimum Gasteiger partial charge on any atom is -0.508 e. The minimum atomic E-state index is -0.624. The number of benzene rings is 3. The zero-order valence-electron chi connectivity index (χ0n) is 14.8. The average molecular weight is 429 g/mol. The van der Waals surface area contributed by atoms with Gasteiger partial charge in [0.1, 0.15) is 11.5 Å². The lowest BCUT2D eigenvalue weighted by molar-refractivity contribution is 0.0734. The third-order valence-corrected chi connectivity index (χ3v) is 4.28. The molecule has 0 heterocycles. The number of carbonyl (C=O) groups is 2. The van der Waals surface area contributed by atoms with E-state index in [9.17, 15) is 14.7 Å². The van der Waals surface area contributed by atoms with Crippen LogP contribution in [0.25, 0.3) is 0 Å². The molecule has 0 aliphatic rings. The van der Waals surface area contributed by atoms with E-state index in [1.165, 1.54) is 42.6 Å². The molecule has 0 fully saturated rings. The van der Waals surface area contributed by atoms with Gasteiger partial charge in [-0.2, -0.15) is 5.10 Å². The number of carbonyl (C=O) groups excluding carboxylic acids is 2. The molecule has 0 aliphatic carbocycles. The van der Waals surface area contributed by atoms with Crippen molar-refractivity contribution in [1.82, 2.24) is 5.43 Å². The van der Waals surface area contributed by atoms with Crippen LogP contribution >= 0.6 is 23.2 Å². The van der Waals surface area contributed by atoms with E-state index in [1.807, 2.05) is 0 Å². The summed E-state index contributed by atoms with van der Waals surface area (Å²) in [6, 6.07) is 16.8. The highest BCUT2D eigenvalue weighted by atomic mass is 35.5. The van der Waals surface area contributed by atoms with Gasteiger partial charge in [0, 0.05) is 10.6 Å². The zero-order valence-corrected chi connectivity index (χ0v) is 16.3. The molecular formula is C21H14Cl2N2O4. The molecule has 0 aromatic heterocycles. The van der Waals surface area contributed by atoms with Crippen LogP contribution in [-0.4, -0.2) is 23.2 Å². The summed E-state index contributed by atoms with van der Waals surface area (Å²) in [6.07, 6.45) is 1.41. The highest BCUT2D eigenvalue weighted by Gasteiger charge is 2.13. The molecule has 0 radical (unpaired) electrons. The van der Waals surface area contributed by atoms with E-state index in [1.54, 1.807) is 30.3 Å². The van der Waals surface area contributed by atoms with Crippen molar-refractivity contribution < 1.29 is 19.4 Å². The third kappa shape index (κ3) is 5.57. The maximum Gasteiger partial charge on any atom is 0.345 e. The van der Waals surface area contributed by atoms with Crippen LogP contribution in [0, 0.1) is 0 Å². The Bertz CT molecular complexity index is 1080. The summed E-state index contributed by atoms with van der Waals surface area (Å²) >= 11 is 11.8. The largest absolute Gasteiger partial charge is 0.508 e. The predicted molar refractivity (Wildman–Crippen MR) is 111 cm³/mol. The maximum atomic E-state index is 12.3. The molecule has 0 saturated carbocycles. The first kappa shape index (κ1) is 20.4. The van der Waals surface area contributed by atoms with Gasteiger partial charge in [-0.05, 0) is 60.2 Å². The molecule has 3 aromatic rings. The van der Waals surface area contributed by atoms with Crippen LogP contribution in [0.5, 0.6) is 11.5 Å². The molecule has 8 heteroatoms.